The summed E-state index contributed by atoms with van der Waals surface area (Å²) in [5.74, 6) is -0.897. The number of sulfonamides is 1. The lowest BCUT2D eigenvalue weighted by Crippen LogP contribution is -2.34. The van der Waals surface area contributed by atoms with E-state index in [-0.39, 0.29) is 15.6 Å². The molecular formula is C22H17N5O7S2. The van der Waals surface area contributed by atoms with E-state index in [1.165, 1.54) is 28.6 Å². The maximum absolute atomic E-state index is 13.1. The SMILES string of the molecule is O=C(NC(=S)Nc1ccc(S(=O)(=O)N2CCc3ccccc32)cc1)c1cc([N+](=O)[O-])cc([N+](=O)[O-])c1. The molecule has 0 unspecified atom stereocenters. The number of hydrogen-bond donors (Lipinski definition) is 2. The summed E-state index contributed by atoms with van der Waals surface area (Å²) in [4.78, 5) is 32.9. The average Bonchev–Trinajstić information content (AvgIpc) is 3.29. The van der Waals surface area contributed by atoms with E-state index < -0.39 is 37.2 Å². The summed E-state index contributed by atoms with van der Waals surface area (Å²) < 4.78 is 27.6. The lowest BCUT2D eigenvalue weighted by molar-refractivity contribution is -0.394. The van der Waals surface area contributed by atoms with Crippen LogP contribution in [0.4, 0.5) is 22.7 Å². The third kappa shape index (κ3) is 4.99. The first-order valence-electron chi connectivity index (χ1n) is 10.3. The molecule has 0 saturated carbocycles. The van der Waals surface area contributed by atoms with Crippen molar-refractivity contribution in [3.05, 3.63) is 98.1 Å². The van der Waals surface area contributed by atoms with E-state index in [2.05, 4.69) is 10.6 Å². The average molecular weight is 528 g/mol. The van der Waals surface area contributed by atoms with E-state index >= 15 is 0 Å². The second-order valence-corrected chi connectivity index (χ2v) is 9.91. The molecule has 1 aliphatic rings. The Balaban J connectivity index is 1.45. The molecule has 1 aliphatic heterocycles. The van der Waals surface area contributed by atoms with Crippen molar-refractivity contribution in [2.45, 2.75) is 11.3 Å². The van der Waals surface area contributed by atoms with E-state index in [0.29, 0.717) is 24.3 Å². The van der Waals surface area contributed by atoms with Gasteiger partial charge in [-0.3, -0.25) is 34.6 Å². The highest BCUT2D eigenvalue weighted by atomic mass is 32.2. The van der Waals surface area contributed by atoms with Gasteiger partial charge in [-0.15, -0.1) is 0 Å². The lowest BCUT2D eigenvalue weighted by Gasteiger charge is -2.19. The van der Waals surface area contributed by atoms with Crippen LogP contribution >= 0.6 is 12.2 Å². The molecule has 3 aromatic carbocycles. The Hall–Kier alpha value is -4.43. The molecule has 2 N–H and O–H groups in total. The first-order chi connectivity index (χ1) is 17.1. The number of non-ortho nitro benzene ring substituents is 2. The topological polar surface area (TPSA) is 165 Å². The first kappa shape index (κ1) is 24.7. The predicted molar refractivity (Wildman–Crippen MR) is 135 cm³/mol. The Kier molecular flexibility index (Phi) is 6.63. The zero-order valence-electron chi connectivity index (χ0n) is 18.3. The normalized spacial score (nSPS) is 12.5. The van der Waals surface area contributed by atoms with E-state index in [4.69, 9.17) is 12.2 Å². The predicted octanol–water partition coefficient (Wildman–Crippen LogP) is 3.38. The molecule has 1 amide bonds. The first-order valence-corrected chi connectivity index (χ1v) is 12.2. The second-order valence-electron chi connectivity index (χ2n) is 7.64. The number of nitrogens with zero attached hydrogens (tertiary/aromatic N) is 3. The van der Waals surface area contributed by atoms with Crippen molar-refractivity contribution in [3.63, 3.8) is 0 Å². The fourth-order valence-corrected chi connectivity index (χ4v) is 5.38. The summed E-state index contributed by atoms with van der Waals surface area (Å²) in [6.45, 7) is 0.341. The Morgan fingerprint density at radius 3 is 2.17 bits per heavy atom. The van der Waals surface area contributed by atoms with Crippen LogP contribution in [0.15, 0.2) is 71.6 Å². The molecule has 4 rings (SSSR count). The van der Waals surface area contributed by atoms with Crippen LogP contribution in [0.3, 0.4) is 0 Å². The van der Waals surface area contributed by atoms with Gasteiger partial charge in [-0.1, -0.05) is 18.2 Å². The van der Waals surface area contributed by atoms with Crippen LogP contribution in [0.25, 0.3) is 0 Å². The Bertz CT molecular complexity index is 1480. The number of fused-ring (bicyclic) bond motifs is 1. The molecule has 14 heteroatoms. The van der Waals surface area contributed by atoms with Crippen molar-refractivity contribution in [2.24, 2.45) is 0 Å². The van der Waals surface area contributed by atoms with Crippen LogP contribution in [-0.2, 0) is 16.4 Å². The molecule has 0 saturated heterocycles. The number of para-hydroxylation sites is 1. The summed E-state index contributed by atoms with van der Waals surface area (Å²) in [6, 6.07) is 15.5. The van der Waals surface area contributed by atoms with Gasteiger partial charge in [0, 0.05) is 24.4 Å². The standard InChI is InChI=1S/C22H17N5O7S2/c28-21(15-11-17(26(29)30)13-18(12-15)27(31)32)24-22(35)23-16-5-7-19(8-6-16)36(33,34)25-10-9-14-3-1-2-4-20(14)25/h1-8,11-13H,9-10H2,(H2,23,24,28,35). The third-order valence-electron chi connectivity index (χ3n) is 5.36. The van der Waals surface area contributed by atoms with E-state index in [0.717, 1.165) is 23.8 Å². The van der Waals surface area contributed by atoms with E-state index in [1.807, 2.05) is 12.1 Å². The zero-order chi connectivity index (χ0) is 26.0. The molecule has 36 heavy (non-hydrogen) atoms. The molecule has 0 spiro atoms. The van der Waals surface area contributed by atoms with Crippen molar-refractivity contribution < 1.29 is 23.1 Å². The summed E-state index contributed by atoms with van der Waals surface area (Å²) in [5, 5.41) is 26.8. The fraction of sp³-hybridized carbons (Fsp3) is 0.0909. The number of amides is 1. The molecule has 184 valence electrons. The van der Waals surface area contributed by atoms with Crippen molar-refractivity contribution >= 4 is 56.0 Å². The van der Waals surface area contributed by atoms with Gasteiger partial charge in [0.2, 0.25) is 0 Å². The highest BCUT2D eigenvalue weighted by molar-refractivity contribution is 7.92. The monoisotopic (exact) mass is 527 g/mol. The summed E-state index contributed by atoms with van der Waals surface area (Å²) >= 11 is 5.08. The van der Waals surface area contributed by atoms with E-state index in [1.54, 1.807) is 12.1 Å². The van der Waals surface area contributed by atoms with Crippen LogP contribution in [0, 0.1) is 20.2 Å². The number of nitro groups is 2. The van der Waals surface area contributed by atoms with Crippen LogP contribution in [0.5, 0.6) is 0 Å². The minimum absolute atomic E-state index is 0.0728. The van der Waals surface area contributed by atoms with Crippen molar-refractivity contribution in [3.8, 4) is 0 Å². The number of hydrogen-bond acceptors (Lipinski definition) is 8. The van der Waals surface area contributed by atoms with Gasteiger partial charge >= 0.3 is 0 Å². The zero-order valence-corrected chi connectivity index (χ0v) is 19.9. The number of carbonyl (C=O) groups excluding carboxylic acids is 1. The van der Waals surface area contributed by atoms with Gasteiger partial charge in [-0.2, -0.15) is 0 Å². The maximum atomic E-state index is 13.1. The van der Waals surface area contributed by atoms with Crippen molar-refractivity contribution in [1.82, 2.24) is 5.32 Å². The molecule has 0 atom stereocenters. The molecule has 0 bridgehead atoms. The largest absolute Gasteiger partial charge is 0.332 e. The number of benzene rings is 3. The minimum Gasteiger partial charge on any atom is -0.332 e. The van der Waals surface area contributed by atoms with Crippen LogP contribution in [0.2, 0.25) is 0 Å². The highest BCUT2D eigenvalue weighted by Crippen LogP contribution is 2.33. The van der Waals surface area contributed by atoms with Crippen molar-refractivity contribution in [2.75, 3.05) is 16.2 Å². The van der Waals surface area contributed by atoms with E-state index in [9.17, 15) is 33.4 Å². The molecule has 0 radical (unpaired) electrons. The van der Waals surface area contributed by atoms with Crippen molar-refractivity contribution in [1.29, 1.82) is 0 Å². The number of nitro benzene ring substituents is 2. The van der Waals surface area contributed by atoms with Gasteiger partial charge in [0.15, 0.2) is 5.11 Å². The number of nitrogens with one attached hydrogen (secondary N) is 2. The molecule has 0 fully saturated rings. The maximum Gasteiger partial charge on any atom is 0.277 e. The lowest BCUT2D eigenvalue weighted by atomic mass is 10.1. The molecular weight excluding hydrogens is 510 g/mol. The molecule has 1 heterocycles. The van der Waals surface area contributed by atoms with Gasteiger partial charge in [-0.25, -0.2) is 8.42 Å². The Morgan fingerprint density at radius 2 is 1.56 bits per heavy atom. The molecule has 0 aromatic heterocycles. The number of anilines is 2. The van der Waals surface area contributed by atoms with Crippen LogP contribution in [-0.4, -0.2) is 35.8 Å². The smallest absolute Gasteiger partial charge is 0.277 e. The fourth-order valence-electron chi connectivity index (χ4n) is 3.67. The number of carbonyl (C=O) groups is 1. The Morgan fingerprint density at radius 1 is 0.944 bits per heavy atom. The van der Waals surface area contributed by atoms with Gasteiger partial charge in [0.05, 0.1) is 32.1 Å². The second kappa shape index (κ2) is 9.67. The molecule has 3 aromatic rings. The summed E-state index contributed by atoms with van der Waals surface area (Å²) in [5.41, 5.74) is 0.397. The number of rotatable bonds is 6. The van der Waals surface area contributed by atoms with Gasteiger partial charge in [0.25, 0.3) is 27.3 Å². The summed E-state index contributed by atoms with van der Waals surface area (Å²) in [6.07, 6.45) is 0.622. The quantitative estimate of drug-likeness (QED) is 0.278. The van der Waals surface area contributed by atoms with Gasteiger partial charge in [0.1, 0.15) is 0 Å². The summed E-state index contributed by atoms with van der Waals surface area (Å²) in [7, 11) is -3.78. The van der Waals surface area contributed by atoms with Gasteiger partial charge in [-0.05, 0) is 54.5 Å². The molecule has 0 aliphatic carbocycles. The molecule has 12 nitrogen and oxygen atoms in total. The third-order valence-corrected chi connectivity index (χ3v) is 7.39. The minimum atomic E-state index is -3.78. The Labute approximate surface area is 209 Å². The van der Waals surface area contributed by atoms with Gasteiger partial charge < -0.3 is 5.32 Å². The highest BCUT2D eigenvalue weighted by Gasteiger charge is 2.30. The van der Waals surface area contributed by atoms with Crippen LogP contribution < -0.4 is 14.9 Å². The number of thiocarbonyl (C=S) groups is 1. The van der Waals surface area contributed by atoms with Crippen LogP contribution in [0.1, 0.15) is 15.9 Å².